The Morgan fingerprint density at radius 3 is 2.31 bits per heavy atom. The molecule has 1 N–H and O–H groups in total. The highest BCUT2D eigenvalue weighted by molar-refractivity contribution is 5.87. The van der Waals surface area contributed by atoms with Gasteiger partial charge in [-0.05, 0) is 81.7 Å². The highest BCUT2D eigenvalue weighted by atomic mass is 16.2. The van der Waals surface area contributed by atoms with E-state index in [1.165, 1.54) is 70.6 Å². The molecule has 1 saturated heterocycles. The van der Waals surface area contributed by atoms with Gasteiger partial charge in [0.15, 0.2) is 0 Å². The molecule has 4 saturated carbocycles. The number of nitrogens with zero attached hydrogens (tertiary/aromatic N) is 1. The second-order valence-electron chi connectivity index (χ2n) is 11.2. The molecule has 4 nitrogen and oxygen atoms in total. The van der Waals surface area contributed by atoms with Gasteiger partial charge < -0.3 is 5.32 Å². The number of carbonyl (C=O) groups is 2. The van der Waals surface area contributed by atoms with Gasteiger partial charge >= 0.3 is 0 Å². The Kier molecular flexibility index (Phi) is 5.75. The molecule has 29 heavy (non-hydrogen) atoms. The van der Waals surface area contributed by atoms with Gasteiger partial charge in [-0.1, -0.05) is 38.5 Å². The van der Waals surface area contributed by atoms with E-state index in [0.717, 1.165) is 32.4 Å². The van der Waals surface area contributed by atoms with Crippen molar-refractivity contribution in [3.05, 3.63) is 0 Å². The Morgan fingerprint density at radius 1 is 0.862 bits per heavy atom. The molecule has 1 aliphatic heterocycles. The number of hydrogen-bond donors (Lipinski definition) is 1. The predicted octanol–water partition coefficient (Wildman–Crippen LogP) is 4.32. The topological polar surface area (TPSA) is 49.4 Å². The maximum Gasteiger partial charge on any atom is 0.234 e. The molecule has 162 valence electrons. The Hall–Kier alpha value is -0.900. The summed E-state index contributed by atoms with van der Waals surface area (Å²) < 4.78 is 0. The van der Waals surface area contributed by atoms with E-state index in [1.807, 2.05) is 0 Å². The summed E-state index contributed by atoms with van der Waals surface area (Å²) in [5, 5.41) is 3.41. The van der Waals surface area contributed by atoms with Gasteiger partial charge in [-0.15, -0.1) is 0 Å². The number of amides is 1. The van der Waals surface area contributed by atoms with Crippen LogP contribution < -0.4 is 5.32 Å². The van der Waals surface area contributed by atoms with Crippen LogP contribution in [0, 0.1) is 29.1 Å². The fourth-order valence-corrected chi connectivity index (χ4v) is 7.37. The van der Waals surface area contributed by atoms with Gasteiger partial charge in [-0.25, -0.2) is 0 Å². The number of Topliss-reactive ketones (excluding diaryl/α,β-unsaturated/α-hetero) is 1. The van der Waals surface area contributed by atoms with E-state index in [4.69, 9.17) is 0 Å². The van der Waals surface area contributed by atoms with Gasteiger partial charge in [0.1, 0.15) is 5.78 Å². The van der Waals surface area contributed by atoms with Crippen LogP contribution in [0.1, 0.15) is 89.9 Å². The lowest BCUT2D eigenvalue weighted by molar-refractivity contribution is -0.127. The van der Waals surface area contributed by atoms with Crippen LogP contribution in [-0.2, 0) is 9.59 Å². The molecular weight excluding hydrogens is 360 g/mol. The average Bonchev–Trinajstić information content (AvgIpc) is 3.53. The van der Waals surface area contributed by atoms with Crippen molar-refractivity contribution < 1.29 is 9.59 Å². The van der Waals surface area contributed by atoms with Crippen LogP contribution in [0.25, 0.3) is 0 Å². The van der Waals surface area contributed by atoms with Gasteiger partial charge in [0.05, 0.1) is 6.54 Å². The highest BCUT2D eigenvalue weighted by Gasteiger charge is 2.50. The first-order valence-electron chi connectivity index (χ1n) is 12.7. The number of rotatable bonds is 5. The zero-order valence-electron chi connectivity index (χ0n) is 18.2. The van der Waals surface area contributed by atoms with Gasteiger partial charge in [-0.2, -0.15) is 0 Å². The molecule has 1 amide bonds. The molecule has 0 aromatic rings. The maximum atomic E-state index is 13.0. The second-order valence-corrected chi connectivity index (χ2v) is 11.2. The molecule has 4 unspecified atom stereocenters. The van der Waals surface area contributed by atoms with E-state index < -0.39 is 0 Å². The van der Waals surface area contributed by atoms with Crippen molar-refractivity contribution >= 4 is 11.7 Å². The van der Waals surface area contributed by atoms with Gasteiger partial charge in [0, 0.05) is 17.9 Å². The minimum absolute atomic E-state index is 0.103. The number of likely N-dealkylation sites (tertiary alicyclic amines) is 1. The molecule has 5 aliphatic rings. The molecule has 5 fully saturated rings. The maximum absolute atomic E-state index is 13.0. The monoisotopic (exact) mass is 400 g/mol. The molecule has 1 heterocycles. The smallest absolute Gasteiger partial charge is 0.234 e. The fourth-order valence-electron chi connectivity index (χ4n) is 7.37. The number of carbonyl (C=O) groups excluding carboxylic acids is 2. The molecule has 4 atom stereocenters. The van der Waals surface area contributed by atoms with Gasteiger partial charge in [-0.3, -0.25) is 14.5 Å². The second kappa shape index (κ2) is 8.32. The molecular formula is C25H40N2O2. The number of nitrogens with one attached hydrogen (secondary N) is 1. The van der Waals surface area contributed by atoms with Crippen LogP contribution in [0.15, 0.2) is 0 Å². The lowest BCUT2D eigenvalue weighted by Crippen LogP contribution is -2.50. The molecule has 1 spiro atoms. The third kappa shape index (κ3) is 4.29. The van der Waals surface area contributed by atoms with Crippen molar-refractivity contribution in [1.82, 2.24) is 10.2 Å². The zero-order valence-corrected chi connectivity index (χ0v) is 18.2. The first-order valence-corrected chi connectivity index (χ1v) is 12.7. The molecule has 4 heteroatoms. The summed E-state index contributed by atoms with van der Waals surface area (Å²) in [4.78, 5) is 28.3. The van der Waals surface area contributed by atoms with Gasteiger partial charge in [0.2, 0.25) is 5.91 Å². The number of ketones is 1. The minimum atomic E-state index is 0.103. The Balaban J connectivity index is 1.17. The minimum Gasteiger partial charge on any atom is -0.351 e. The number of hydrogen-bond acceptors (Lipinski definition) is 3. The van der Waals surface area contributed by atoms with Crippen molar-refractivity contribution in [3.8, 4) is 0 Å². The molecule has 5 rings (SSSR count). The van der Waals surface area contributed by atoms with E-state index in [-0.39, 0.29) is 17.9 Å². The Labute approximate surface area is 176 Å². The Morgan fingerprint density at radius 2 is 1.59 bits per heavy atom. The SMILES string of the molecule is O=C(CN1CCC2(CCCCC2)CC1)NC1C(C(=O)C2CC2)CC2CCCCC21. The van der Waals surface area contributed by atoms with Crippen LogP contribution in [0.4, 0.5) is 0 Å². The summed E-state index contributed by atoms with van der Waals surface area (Å²) in [5.41, 5.74) is 0.591. The van der Waals surface area contributed by atoms with Crippen molar-refractivity contribution in [1.29, 1.82) is 0 Å². The lowest BCUT2D eigenvalue weighted by Gasteiger charge is -2.44. The Bertz CT molecular complexity index is 612. The van der Waals surface area contributed by atoms with Crippen LogP contribution in [-0.4, -0.2) is 42.3 Å². The summed E-state index contributed by atoms with van der Waals surface area (Å²) in [7, 11) is 0. The van der Waals surface area contributed by atoms with E-state index >= 15 is 0 Å². The summed E-state index contributed by atoms with van der Waals surface area (Å²) in [5.74, 6) is 2.28. The van der Waals surface area contributed by atoms with E-state index in [2.05, 4.69) is 10.2 Å². The largest absolute Gasteiger partial charge is 0.351 e. The standard InChI is InChI=1S/C25H40N2O2/c28-22(17-27-14-12-25(13-15-27)10-4-1-5-11-25)26-23-20-7-3-2-6-19(20)16-21(23)24(29)18-8-9-18/h18-21,23H,1-17H2,(H,26,28). The van der Waals surface area contributed by atoms with Crippen LogP contribution >= 0.6 is 0 Å². The summed E-state index contributed by atoms with van der Waals surface area (Å²) in [6.07, 6.45) is 17.8. The quantitative estimate of drug-likeness (QED) is 0.747. The third-order valence-corrected chi connectivity index (χ3v) is 9.29. The van der Waals surface area contributed by atoms with Crippen molar-refractivity contribution in [2.45, 2.75) is 95.9 Å². The first kappa shape index (κ1) is 20.0. The fraction of sp³-hybridized carbons (Fsp3) is 0.920. The van der Waals surface area contributed by atoms with Crippen LogP contribution in [0.5, 0.6) is 0 Å². The van der Waals surface area contributed by atoms with Crippen molar-refractivity contribution in [2.24, 2.45) is 29.1 Å². The van der Waals surface area contributed by atoms with Crippen LogP contribution in [0.2, 0.25) is 0 Å². The average molecular weight is 401 g/mol. The summed E-state index contributed by atoms with van der Waals surface area (Å²) >= 11 is 0. The molecule has 0 radical (unpaired) electrons. The first-order chi connectivity index (χ1) is 14.1. The van der Waals surface area contributed by atoms with Crippen molar-refractivity contribution in [2.75, 3.05) is 19.6 Å². The van der Waals surface area contributed by atoms with Crippen molar-refractivity contribution in [3.63, 3.8) is 0 Å². The summed E-state index contributed by atoms with van der Waals surface area (Å²) in [6.45, 7) is 2.69. The van der Waals surface area contributed by atoms with Crippen LogP contribution in [0.3, 0.4) is 0 Å². The third-order valence-electron chi connectivity index (χ3n) is 9.29. The summed E-state index contributed by atoms with van der Waals surface area (Å²) in [6, 6.07) is 0.121. The van der Waals surface area contributed by atoms with E-state index in [1.54, 1.807) is 0 Å². The predicted molar refractivity (Wildman–Crippen MR) is 114 cm³/mol. The van der Waals surface area contributed by atoms with Gasteiger partial charge in [0.25, 0.3) is 0 Å². The highest BCUT2D eigenvalue weighted by Crippen LogP contribution is 2.48. The molecule has 0 aromatic heterocycles. The molecule has 4 aliphatic carbocycles. The molecule has 0 aromatic carbocycles. The number of piperidine rings is 1. The lowest BCUT2D eigenvalue weighted by atomic mass is 9.68. The number of fused-ring (bicyclic) bond motifs is 1. The van der Waals surface area contributed by atoms with E-state index in [9.17, 15) is 9.59 Å². The normalized spacial score (nSPS) is 37.2. The van der Waals surface area contributed by atoms with E-state index in [0.29, 0.717) is 35.5 Å². The molecule has 0 bridgehead atoms. The zero-order chi connectivity index (χ0) is 19.8.